The molecule has 118 valence electrons. The second kappa shape index (κ2) is 6.44. The Morgan fingerprint density at radius 1 is 1.27 bits per heavy atom. The molecular weight excluding hydrogens is 285 g/mol. The zero-order valence-corrected chi connectivity index (χ0v) is 12.3. The van der Waals surface area contributed by atoms with Crippen LogP contribution in [0.1, 0.15) is 25.7 Å². The highest BCUT2D eigenvalue weighted by Crippen LogP contribution is 2.24. The molecule has 1 aromatic rings. The zero-order valence-electron chi connectivity index (χ0n) is 12.3. The predicted octanol–water partition coefficient (Wildman–Crippen LogP) is 1.19. The molecule has 2 aliphatic heterocycles. The Balaban J connectivity index is 1.64. The van der Waals surface area contributed by atoms with E-state index in [4.69, 9.17) is 0 Å². The fourth-order valence-electron chi connectivity index (χ4n) is 3.07. The van der Waals surface area contributed by atoms with Gasteiger partial charge in [-0.25, -0.2) is 4.39 Å². The molecule has 2 N–H and O–H groups in total. The van der Waals surface area contributed by atoms with Crippen LogP contribution in [0.5, 0.6) is 0 Å². The second-order valence-corrected chi connectivity index (χ2v) is 5.79. The normalized spacial score (nSPS) is 25.3. The van der Waals surface area contributed by atoms with Crippen molar-refractivity contribution in [3.05, 3.63) is 30.1 Å². The summed E-state index contributed by atoms with van der Waals surface area (Å²) < 4.78 is 13.8. The Kier molecular flexibility index (Phi) is 4.38. The Morgan fingerprint density at radius 2 is 2.09 bits per heavy atom. The van der Waals surface area contributed by atoms with E-state index in [9.17, 15) is 14.0 Å². The molecule has 2 aliphatic rings. The lowest BCUT2D eigenvalue weighted by molar-refractivity contribution is -0.128. The van der Waals surface area contributed by atoms with E-state index in [2.05, 4.69) is 10.6 Å². The molecule has 3 rings (SSSR count). The first-order chi connectivity index (χ1) is 10.7. The van der Waals surface area contributed by atoms with Crippen LogP contribution >= 0.6 is 0 Å². The van der Waals surface area contributed by atoms with Crippen molar-refractivity contribution in [1.29, 1.82) is 0 Å². The SMILES string of the molecule is O=C(NC1CCN(c2ccccc2F)C1=O)C1CCCCN1. The molecule has 1 aromatic carbocycles. The first kappa shape index (κ1) is 15.0. The molecule has 2 atom stereocenters. The summed E-state index contributed by atoms with van der Waals surface area (Å²) in [6, 6.07) is 5.43. The summed E-state index contributed by atoms with van der Waals surface area (Å²) in [5.41, 5.74) is 0.278. The summed E-state index contributed by atoms with van der Waals surface area (Å²) >= 11 is 0. The first-order valence-electron chi connectivity index (χ1n) is 7.76. The summed E-state index contributed by atoms with van der Waals surface area (Å²) in [6.45, 7) is 1.25. The van der Waals surface area contributed by atoms with Crippen LogP contribution in [0.25, 0.3) is 0 Å². The molecule has 0 spiro atoms. The fourth-order valence-corrected chi connectivity index (χ4v) is 3.07. The Bertz CT molecular complexity index is 572. The molecule has 6 heteroatoms. The van der Waals surface area contributed by atoms with Crippen LogP contribution < -0.4 is 15.5 Å². The van der Waals surface area contributed by atoms with Gasteiger partial charge in [-0.2, -0.15) is 0 Å². The van der Waals surface area contributed by atoms with Gasteiger partial charge in [0.25, 0.3) is 0 Å². The molecule has 2 fully saturated rings. The minimum atomic E-state index is -0.559. The Labute approximate surface area is 128 Å². The van der Waals surface area contributed by atoms with Crippen LogP contribution in [0.2, 0.25) is 0 Å². The molecule has 0 aliphatic carbocycles. The number of benzene rings is 1. The number of anilines is 1. The van der Waals surface area contributed by atoms with Crippen molar-refractivity contribution in [3.8, 4) is 0 Å². The molecule has 2 heterocycles. The van der Waals surface area contributed by atoms with E-state index in [1.54, 1.807) is 18.2 Å². The van der Waals surface area contributed by atoms with E-state index < -0.39 is 11.9 Å². The molecule has 5 nitrogen and oxygen atoms in total. The third-order valence-corrected chi connectivity index (χ3v) is 4.29. The number of halogens is 1. The summed E-state index contributed by atoms with van der Waals surface area (Å²) in [4.78, 5) is 26.0. The molecule has 0 saturated carbocycles. The predicted molar refractivity (Wildman–Crippen MR) is 80.9 cm³/mol. The number of piperidine rings is 1. The smallest absolute Gasteiger partial charge is 0.249 e. The van der Waals surface area contributed by atoms with Gasteiger partial charge in [-0.1, -0.05) is 18.6 Å². The monoisotopic (exact) mass is 305 g/mol. The number of amides is 2. The van der Waals surface area contributed by atoms with E-state index in [-0.39, 0.29) is 23.5 Å². The van der Waals surface area contributed by atoms with Gasteiger partial charge >= 0.3 is 0 Å². The van der Waals surface area contributed by atoms with Crippen molar-refractivity contribution >= 4 is 17.5 Å². The third kappa shape index (κ3) is 2.97. The number of carbonyl (C=O) groups excluding carboxylic acids is 2. The maximum atomic E-state index is 13.8. The van der Waals surface area contributed by atoms with Gasteiger partial charge in [-0.05, 0) is 37.9 Å². The fraction of sp³-hybridized carbons (Fsp3) is 0.500. The molecule has 2 saturated heterocycles. The lowest BCUT2D eigenvalue weighted by Gasteiger charge is -2.24. The number of para-hydroxylation sites is 1. The van der Waals surface area contributed by atoms with E-state index in [0.717, 1.165) is 25.8 Å². The summed E-state index contributed by atoms with van der Waals surface area (Å²) in [6.07, 6.45) is 3.40. The van der Waals surface area contributed by atoms with Crippen LogP contribution in [-0.2, 0) is 9.59 Å². The minimum Gasteiger partial charge on any atom is -0.343 e. The summed E-state index contributed by atoms with van der Waals surface area (Å²) in [5.74, 6) is -0.792. The Hall–Kier alpha value is -1.95. The van der Waals surface area contributed by atoms with E-state index in [0.29, 0.717) is 13.0 Å². The van der Waals surface area contributed by atoms with Crippen molar-refractivity contribution in [2.75, 3.05) is 18.0 Å². The maximum absolute atomic E-state index is 13.8. The van der Waals surface area contributed by atoms with Crippen LogP contribution in [0, 0.1) is 5.82 Å². The average Bonchev–Trinajstić information content (AvgIpc) is 2.90. The number of nitrogens with one attached hydrogen (secondary N) is 2. The van der Waals surface area contributed by atoms with Crippen molar-refractivity contribution in [3.63, 3.8) is 0 Å². The highest BCUT2D eigenvalue weighted by atomic mass is 19.1. The zero-order chi connectivity index (χ0) is 15.5. The van der Waals surface area contributed by atoms with Crippen molar-refractivity contribution in [1.82, 2.24) is 10.6 Å². The second-order valence-electron chi connectivity index (χ2n) is 5.79. The molecule has 0 radical (unpaired) electrons. The van der Waals surface area contributed by atoms with Gasteiger partial charge in [0.05, 0.1) is 11.7 Å². The molecular formula is C16H20FN3O2. The molecule has 2 unspecified atom stereocenters. The lowest BCUT2D eigenvalue weighted by atomic mass is 10.0. The largest absolute Gasteiger partial charge is 0.343 e. The van der Waals surface area contributed by atoms with E-state index >= 15 is 0 Å². The van der Waals surface area contributed by atoms with Crippen molar-refractivity contribution in [2.24, 2.45) is 0 Å². The third-order valence-electron chi connectivity index (χ3n) is 4.29. The molecule has 22 heavy (non-hydrogen) atoms. The molecule has 2 amide bonds. The van der Waals surface area contributed by atoms with Crippen LogP contribution in [0.4, 0.5) is 10.1 Å². The first-order valence-corrected chi connectivity index (χ1v) is 7.76. The van der Waals surface area contributed by atoms with Gasteiger partial charge in [0.15, 0.2) is 0 Å². The van der Waals surface area contributed by atoms with E-state index in [1.807, 2.05) is 0 Å². The highest BCUT2D eigenvalue weighted by Gasteiger charge is 2.35. The Morgan fingerprint density at radius 3 is 2.82 bits per heavy atom. The van der Waals surface area contributed by atoms with Crippen molar-refractivity contribution in [2.45, 2.75) is 37.8 Å². The maximum Gasteiger partial charge on any atom is 0.249 e. The average molecular weight is 305 g/mol. The van der Waals surface area contributed by atoms with Gasteiger partial charge in [0.2, 0.25) is 11.8 Å². The van der Waals surface area contributed by atoms with E-state index in [1.165, 1.54) is 11.0 Å². The minimum absolute atomic E-state index is 0.131. The lowest BCUT2D eigenvalue weighted by Crippen LogP contribution is -2.51. The van der Waals surface area contributed by atoms with Crippen molar-refractivity contribution < 1.29 is 14.0 Å². The van der Waals surface area contributed by atoms with Gasteiger partial charge in [-0.15, -0.1) is 0 Å². The number of rotatable bonds is 3. The summed E-state index contributed by atoms with van der Waals surface area (Å²) in [7, 11) is 0. The molecule has 0 aromatic heterocycles. The van der Waals surface area contributed by atoms with Crippen LogP contribution in [0.3, 0.4) is 0 Å². The standard InChI is InChI=1S/C16H20FN3O2/c17-11-5-1-2-7-14(11)20-10-8-13(16(20)22)19-15(21)12-6-3-4-9-18-12/h1-2,5,7,12-13,18H,3-4,6,8-10H2,(H,19,21). The molecule has 0 bridgehead atoms. The van der Waals surface area contributed by atoms with Gasteiger partial charge in [0, 0.05) is 6.54 Å². The van der Waals surface area contributed by atoms with Gasteiger partial charge in [-0.3, -0.25) is 9.59 Å². The summed E-state index contributed by atoms with van der Waals surface area (Å²) in [5, 5.41) is 5.97. The quantitative estimate of drug-likeness (QED) is 0.882. The number of carbonyl (C=O) groups is 2. The topological polar surface area (TPSA) is 61.4 Å². The van der Waals surface area contributed by atoms with Crippen LogP contribution in [-0.4, -0.2) is 37.0 Å². The van der Waals surface area contributed by atoms with Crippen LogP contribution in [0.15, 0.2) is 24.3 Å². The number of hydrogen-bond acceptors (Lipinski definition) is 3. The number of nitrogens with zero attached hydrogens (tertiary/aromatic N) is 1. The van der Waals surface area contributed by atoms with Gasteiger partial charge < -0.3 is 15.5 Å². The van der Waals surface area contributed by atoms with Gasteiger partial charge in [0.1, 0.15) is 11.9 Å². The highest BCUT2D eigenvalue weighted by molar-refractivity contribution is 6.01. The number of hydrogen-bond donors (Lipinski definition) is 2.